The largest absolute Gasteiger partial charge is 0.309 e. The highest BCUT2D eigenvalue weighted by Gasteiger charge is 2.24. The summed E-state index contributed by atoms with van der Waals surface area (Å²) in [6.07, 6.45) is 3.61. The van der Waals surface area contributed by atoms with Gasteiger partial charge in [0, 0.05) is 66.9 Å². The van der Waals surface area contributed by atoms with Crippen LogP contribution in [0.4, 0.5) is 5.69 Å². The number of benzene rings is 9. The lowest BCUT2D eigenvalue weighted by Crippen LogP contribution is -2.05. The molecule has 9 aromatic carbocycles. The highest BCUT2D eigenvalue weighted by atomic mass is 15.1. The van der Waals surface area contributed by atoms with Gasteiger partial charge in [0.05, 0.1) is 62.1 Å². The lowest BCUT2D eigenvalue weighted by Gasteiger charge is -2.20. The lowest BCUT2D eigenvalue weighted by molar-refractivity contribution is 1.09. The minimum Gasteiger partial charge on any atom is -0.309 e. The molecule has 0 bridgehead atoms. The second-order valence-electron chi connectivity index (χ2n) is 17.1. The Morgan fingerprint density at radius 3 is 1.03 bits per heavy atom. The first kappa shape index (κ1) is 36.3. The molecule has 6 nitrogen and oxygen atoms in total. The molecule has 0 aliphatic heterocycles. The Kier molecular flexibility index (Phi) is 7.65. The van der Waals surface area contributed by atoms with Crippen LogP contribution in [-0.4, -0.2) is 23.3 Å². The quantitative estimate of drug-likeness (QED) is 0.159. The van der Waals surface area contributed by atoms with E-state index in [1.165, 1.54) is 21.5 Å². The van der Waals surface area contributed by atoms with E-state index in [0.717, 1.165) is 99.6 Å². The number of hydrogen-bond donors (Lipinski definition) is 0. The molecule has 14 rings (SSSR count). The molecule has 5 aromatic heterocycles. The van der Waals surface area contributed by atoms with Gasteiger partial charge in [-0.25, -0.2) is 4.85 Å². The first-order chi connectivity index (χ1) is 32.7. The maximum Gasteiger partial charge on any atom is 0.197 e. The van der Waals surface area contributed by atoms with Gasteiger partial charge in [0.1, 0.15) is 0 Å². The van der Waals surface area contributed by atoms with Gasteiger partial charge in [0.2, 0.25) is 0 Å². The summed E-state index contributed by atoms with van der Waals surface area (Å²) in [5.74, 6) is 0. The molecule has 0 radical (unpaired) electrons. The van der Waals surface area contributed by atoms with Crippen LogP contribution in [0.25, 0.3) is 126 Å². The number of nitrogens with zero attached hydrogens (tertiary/aromatic N) is 6. The fourth-order valence-corrected chi connectivity index (χ4v) is 10.9. The molecule has 66 heavy (non-hydrogen) atoms. The molecule has 0 saturated heterocycles. The van der Waals surface area contributed by atoms with E-state index in [-0.39, 0.29) is 0 Å². The lowest BCUT2D eigenvalue weighted by atomic mass is 10.0. The van der Waals surface area contributed by atoms with E-state index >= 15 is 0 Å². The zero-order valence-electron chi connectivity index (χ0n) is 35.5. The molecular formula is C60H36N6. The molecule has 14 aromatic rings. The third-order valence-corrected chi connectivity index (χ3v) is 13.7. The smallest absolute Gasteiger partial charge is 0.197 e. The third kappa shape index (κ3) is 5.08. The average Bonchev–Trinajstić information content (AvgIpc) is 4.11. The van der Waals surface area contributed by atoms with Crippen LogP contribution in [0.15, 0.2) is 219 Å². The Bertz CT molecular complexity index is 4260. The SMILES string of the molecule is [C-]#[N+]c1cc(-n2c3ccccc3c3ccc(-n4c5ccccc5c5ccccc54)cc32)c(-n2c3ccccc3c3ccc(-n4c5ccccc5c5ccccc54)cc32)cc1-c1ccncc1. The van der Waals surface area contributed by atoms with Crippen molar-refractivity contribution in [1.29, 1.82) is 0 Å². The van der Waals surface area contributed by atoms with Crippen molar-refractivity contribution < 1.29 is 0 Å². The Balaban J connectivity index is 1.12. The molecule has 0 saturated carbocycles. The van der Waals surface area contributed by atoms with E-state index in [2.05, 4.69) is 222 Å². The number of fused-ring (bicyclic) bond motifs is 12. The number of para-hydroxylation sites is 6. The molecule has 306 valence electrons. The van der Waals surface area contributed by atoms with Crippen LogP contribution in [0.2, 0.25) is 0 Å². The zero-order valence-corrected chi connectivity index (χ0v) is 35.5. The summed E-state index contributed by atoms with van der Waals surface area (Å²) in [5, 5.41) is 9.47. The predicted octanol–water partition coefficient (Wildman–Crippen LogP) is 15.7. The number of aromatic nitrogens is 5. The van der Waals surface area contributed by atoms with Gasteiger partial charge >= 0.3 is 0 Å². The van der Waals surface area contributed by atoms with E-state index in [1.807, 2.05) is 12.1 Å². The van der Waals surface area contributed by atoms with Crippen molar-refractivity contribution in [3.63, 3.8) is 0 Å². The van der Waals surface area contributed by atoms with Crippen molar-refractivity contribution in [3.8, 4) is 33.9 Å². The predicted molar refractivity (Wildman–Crippen MR) is 273 cm³/mol. The summed E-state index contributed by atoms with van der Waals surface area (Å²) in [6, 6.07) is 74.1. The van der Waals surface area contributed by atoms with Crippen LogP contribution in [0, 0.1) is 6.57 Å². The molecule has 5 heterocycles. The van der Waals surface area contributed by atoms with Gasteiger partial charge in [-0.15, -0.1) is 0 Å². The molecule has 0 amide bonds. The Morgan fingerprint density at radius 1 is 0.318 bits per heavy atom. The van der Waals surface area contributed by atoms with Crippen molar-refractivity contribution in [2.75, 3.05) is 0 Å². The summed E-state index contributed by atoms with van der Waals surface area (Å²) < 4.78 is 9.58. The van der Waals surface area contributed by atoms with E-state index in [1.54, 1.807) is 12.4 Å². The molecular weight excluding hydrogens is 805 g/mol. The summed E-state index contributed by atoms with van der Waals surface area (Å²) in [7, 11) is 0. The minimum atomic E-state index is 0.566. The Labute approximate surface area is 378 Å². The van der Waals surface area contributed by atoms with Crippen molar-refractivity contribution in [2.45, 2.75) is 0 Å². The fourth-order valence-electron chi connectivity index (χ4n) is 10.9. The van der Waals surface area contributed by atoms with Crippen molar-refractivity contribution in [1.82, 2.24) is 23.3 Å². The highest BCUT2D eigenvalue weighted by molar-refractivity contribution is 6.15. The summed E-state index contributed by atoms with van der Waals surface area (Å²) in [6.45, 7) is 8.70. The standard InChI is InChI=1S/C60H36N6/c1-61-50-37-60(66-56-25-13-7-19-46(56)48-29-27-40(35-58(48)66)64-53-22-10-4-16-43(53)44-17-5-11-23-54(44)64)59(36-49(50)38-30-32-62-33-31-38)65-55-24-12-6-18-45(55)47-28-26-39(34-57(47)65)63-51-20-8-2-14-41(51)42-15-3-9-21-52(42)63/h2-37H. The Morgan fingerprint density at radius 2 is 0.652 bits per heavy atom. The van der Waals surface area contributed by atoms with Crippen LogP contribution < -0.4 is 0 Å². The van der Waals surface area contributed by atoms with Crippen LogP contribution in [0.1, 0.15) is 0 Å². The molecule has 0 fully saturated rings. The van der Waals surface area contributed by atoms with Gasteiger partial charge in [-0.3, -0.25) is 4.98 Å². The number of hydrogen-bond acceptors (Lipinski definition) is 1. The second kappa shape index (κ2) is 13.9. The topological polar surface area (TPSA) is 37.0 Å². The molecule has 0 N–H and O–H groups in total. The second-order valence-corrected chi connectivity index (χ2v) is 17.1. The molecule has 6 heteroatoms. The van der Waals surface area contributed by atoms with Gasteiger partial charge in [-0.1, -0.05) is 121 Å². The van der Waals surface area contributed by atoms with Crippen LogP contribution in [-0.2, 0) is 0 Å². The van der Waals surface area contributed by atoms with Crippen LogP contribution in [0.5, 0.6) is 0 Å². The maximum absolute atomic E-state index is 8.70. The maximum atomic E-state index is 8.70. The summed E-state index contributed by atoms with van der Waals surface area (Å²) in [5.41, 5.74) is 15.3. The first-order valence-electron chi connectivity index (χ1n) is 22.2. The summed E-state index contributed by atoms with van der Waals surface area (Å²) in [4.78, 5) is 8.62. The van der Waals surface area contributed by atoms with Gasteiger partial charge in [-0.05, 0) is 96.1 Å². The zero-order chi connectivity index (χ0) is 43.5. The molecule has 0 unspecified atom stereocenters. The number of pyridine rings is 1. The highest BCUT2D eigenvalue weighted by Crippen LogP contribution is 2.45. The summed E-state index contributed by atoms with van der Waals surface area (Å²) >= 11 is 0. The molecule has 0 aliphatic rings. The van der Waals surface area contributed by atoms with E-state index in [4.69, 9.17) is 6.57 Å². The molecule has 0 spiro atoms. The van der Waals surface area contributed by atoms with Crippen molar-refractivity contribution in [2.24, 2.45) is 0 Å². The molecule has 0 aliphatic carbocycles. The average molecular weight is 841 g/mol. The Hall–Kier alpha value is -9.18. The van der Waals surface area contributed by atoms with Gasteiger partial charge in [0.25, 0.3) is 0 Å². The van der Waals surface area contributed by atoms with Gasteiger partial charge in [-0.2, -0.15) is 0 Å². The van der Waals surface area contributed by atoms with Gasteiger partial charge < -0.3 is 18.3 Å². The third-order valence-electron chi connectivity index (χ3n) is 13.7. The van der Waals surface area contributed by atoms with E-state index < -0.39 is 0 Å². The van der Waals surface area contributed by atoms with Crippen molar-refractivity contribution in [3.05, 3.63) is 230 Å². The fraction of sp³-hybridized carbons (Fsp3) is 0. The monoisotopic (exact) mass is 840 g/mol. The molecule has 0 atom stereocenters. The normalized spacial score (nSPS) is 11.9. The van der Waals surface area contributed by atoms with E-state index in [9.17, 15) is 0 Å². The minimum absolute atomic E-state index is 0.566. The van der Waals surface area contributed by atoms with Crippen molar-refractivity contribution >= 4 is 92.9 Å². The van der Waals surface area contributed by atoms with Crippen LogP contribution in [0.3, 0.4) is 0 Å². The van der Waals surface area contributed by atoms with Crippen LogP contribution >= 0.6 is 0 Å². The number of rotatable bonds is 5. The first-order valence-corrected chi connectivity index (χ1v) is 22.2. The van der Waals surface area contributed by atoms with Gasteiger partial charge in [0.15, 0.2) is 5.69 Å². The van der Waals surface area contributed by atoms with E-state index in [0.29, 0.717) is 5.69 Å².